The Morgan fingerprint density at radius 2 is 2.23 bits per heavy atom. The number of aromatic nitrogens is 1. The third-order valence-electron chi connectivity index (χ3n) is 4.06. The summed E-state index contributed by atoms with van der Waals surface area (Å²) in [5.74, 6) is -0.0952. The Morgan fingerprint density at radius 1 is 1.45 bits per heavy atom. The number of hydrogen-bond acceptors (Lipinski definition) is 5. The van der Waals surface area contributed by atoms with Gasteiger partial charge in [-0.15, -0.1) is 11.3 Å². The zero-order valence-electron chi connectivity index (χ0n) is 13.0. The summed E-state index contributed by atoms with van der Waals surface area (Å²) in [6, 6.07) is -0.114. The SMILES string of the molecule is CCc1nc(C)sc1C(=O)N1CCNC[C@H]1C(=O)NC1CC1. The molecule has 1 saturated heterocycles. The fraction of sp³-hybridized carbons (Fsp3) is 0.667. The number of hydrogen-bond donors (Lipinski definition) is 2. The Balaban J connectivity index is 1.79. The number of aryl methyl sites for hydroxylation is 2. The molecular formula is C15H22N4O2S. The van der Waals surface area contributed by atoms with Gasteiger partial charge in [0.25, 0.3) is 5.91 Å². The predicted octanol–water partition coefficient (Wildman–Crippen LogP) is 0.707. The topological polar surface area (TPSA) is 74.3 Å². The number of carbonyl (C=O) groups excluding carboxylic acids is 2. The second-order valence-corrected chi connectivity index (χ2v) is 7.07. The van der Waals surface area contributed by atoms with Crippen LogP contribution in [0, 0.1) is 6.92 Å². The minimum Gasteiger partial charge on any atom is -0.352 e. The molecule has 1 aromatic heterocycles. The summed E-state index contributed by atoms with van der Waals surface area (Å²) >= 11 is 1.43. The van der Waals surface area contributed by atoms with Crippen molar-refractivity contribution in [2.45, 2.75) is 45.2 Å². The van der Waals surface area contributed by atoms with E-state index in [2.05, 4.69) is 15.6 Å². The van der Waals surface area contributed by atoms with Gasteiger partial charge in [-0.1, -0.05) is 6.92 Å². The molecule has 0 aromatic carbocycles. The normalized spacial score (nSPS) is 21.7. The molecule has 1 saturated carbocycles. The zero-order chi connectivity index (χ0) is 15.7. The number of carbonyl (C=O) groups is 2. The van der Waals surface area contributed by atoms with Crippen molar-refractivity contribution in [3.63, 3.8) is 0 Å². The summed E-state index contributed by atoms with van der Waals surface area (Å²) in [7, 11) is 0. The first-order valence-corrected chi connectivity index (χ1v) is 8.70. The van der Waals surface area contributed by atoms with Crippen LogP contribution in [0.15, 0.2) is 0 Å². The van der Waals surface area contributed by atoms with Gasteiger partial charge in [-0.3, -0.25) is 9.59 Å². The van der Waals surface area contributed by atoms with Gasteiger partial charge in [0, 0.05) is 25.7 Å². The van der Waals surface area contributed by atoms with E-state index in [0.29, 0.717) is 24.0 Å². The molecule has 1 aliphatic heterocycles. The van der Waals surface area contributed by atoms with E-state index < -0.39 is 6.04 Å². The van der Waals surface area contributed by atoms with Crippen LogP contribution in [0.2, 0.25) is 0 Å². The number of nitrogens with one attached hydrogen (secondary N) is 2. The first-order chi connectivity index (χ1) is 10.6. The quantitative estimate of drug-likeness (QED) is 0.856. The van der Waals surface area contributed by atoms with E-state index in [1.165, 1.54) is 11.3 Å². The molecule has 3 rings (SSSR count). The van der Waals surface area contributed by atoms with Crippen LogP contribution in [0.1, 0.15) is 40.1 Å². The standard InChI is InChI=1S/C15H22N4O2S/c1-3-11-13(22-9(2)17-11)15(21)19-7-6-16-8-12(19)14(20)18-10-4-5-10/h10,12,16H,3-8H2,1-2H3,(H,18,20)/t12-/m0/s1. The first-order valence-electron chi connectivity index (χ1n) is 7.88. The minimum atomic E-state index is -0.422. The average Bonchev–Trinajstić information content (AvgIpc) is 3.26. The lowest BCUT2D eigenvalue weighted by molar-refractivity contribution is -0.126. The molecule has 1 atom stereocenters. The second-order valence-electron chi connectivity index (χ2n) is 5.86. The number of thiazole rings is 1. The van der Waals surface area contributed by atoms with Gasteiger partial charge in [-0.05, 0) is 26.2 Å². The number of rotatable bonds is 4. The van der Waals surface area contributed by atoms with E-state index in [1.54, 1.807) is 4.90 Å². The molecule has 1 aromatic rings. The van der Waals surface area contributed by atoms with Gasteiger partial charge in [0.05, 0.1) is 10.7 Å². The molecule has 2 heterocycles. The van der Waals surface area contributed by atoms with Gasteiger partial charge in [0.1, 0.15) is 10.9 Å². The molecule has 1 aliphatic carbocycles. The summed E-state index contributed by atoms with van der Waals surface area (Å²) in [5.41, 5.74) is 0.840. The van der Waals surface area contributed by atoms with E-state index in [0.717, 1.165) is 36.5 Å². The minimum absolute atomic E-state index is 0.0395. The van der Waals surface area contributed by atoms with Gasteiger partial charge in [0.2, 0.25) is 5.91 Å². The van der Waals surface area contributed by atoms with E-state index in [4.69, 9.17) is 0 Å². The molecule has 2 aliphatic rings. The Morgan fingerprint density at radius 3 is 2.91 bits per heavy atom. The fourth-order valence-corrected chi connectivity index (χ4v) is 3.68. The maximum absolute atomic E-state index is 12.9. The maximum atomic E-state index is 12.9. The number of nitrogens with zero attached hydrogens (tertiary/aromatic N) is 2. The smallest absolute Gasteiger partial charge is 0.266 e. The average molecular weight is 322 g/mol. The summed E-state index contributed by atoms with van der Waals surface area (Å²) in [6.07, 6.45) is 2.83. The summed E-state index contributed by atoms with van der Waals surface area (Å²) in [6.45, 7) is 5.71. The Kier molecular flexibility index (Phi) is 4.44. The van der Waals surface area contributed by atoms with Crippen LogP contribution in [0.4, 0.5) is 0 Å². The van der Waals surface area contributed by atoms with Crippen LogP contribution >= 0.6 is 11.3 Å². The summed E-state index contributed by atoms with van der Waals surface area (Å²) < 4.78 is 0. The van der Waals surface area contributed by atoms with Crippen LogP contribution in [-0.2, 0) is 11.2 Å². The van der Waals surface area contributed by atoms with Crippen LogP contribution < -0.4 is 10.6 Å². The molecule has 0 spiro atoms. The van der Waals surface area contributed by atoms with Crippen LogP contribution in [0.5, 0.6) is 0 Å². The number of amides is 2. The third kappa shape index (κ3) is 3.15. The largest absolute Gasteiger partial charge is 0.352 e. The Labute approximate surface area is 134 Å². The van der Waals surface area contributed by atoms with Gasteiger partial charge in [0.15, 0.2) is 0 Å². The molecule has 0 bridgehead atoms. The van der Waals surface area contributed by atoms with E-state index in [1.807, 2.05) is 13.8 Å². The molecular weight excluding hydrogens is 300 g/mol. The van der Waals surface area contributed by atoms with E-state index in [9.17, 15) is 9.59 Å². The highest BCUT2D eigenvalue weighted by Gasteiger charge is 2.36. The second kappa shape index (κ2) is 6.34. The van der Waals surface area contributed by atoms with Crippen molar-refractivity contribution in [1.29, 1.82) is 0 Å². The molecule has 0 radical (unpaired) electrons. The van der Waals surface area contributed by atoms with Crippen molar-refractivity contribution >= 4 is 23.2 Å². The zero-order valence-corrected chi connectivity index (χ0v) is 13.8. The molecule has 22 heavy (non-hydrogen) atoms. The third-order valence-corrected chi connectivity index (χ3v) is 5.07. The van der Waals surface area contributed by atoms with Gasteiger partial charge in [-0.2, -0.15) is 0 Å². The van der Waals surface area contributed by atoms with Gasteiger partial charge >= 0.3 is 0 Å². The Bertz CT molecular complexity index is 582. The van der Waals surface area contributed by atoms with Crippen molar-refractivity contribution in [2.75, 3.05) is 19.6 Å². The molecule has 2 amide bonds. The van der Waals surface area contributed by atoms with Gasteiger partial charge in [-0.25, -0.2) is 4.98 Å². The fourth-order valence-electron chi connectivity index (χ4n) is 2.71. The van der Waals surface area contributed by atoms with Gasteiger partial charge < -0.3 is 15.5 Å². The summed E-state index contributed by atoms with van der Waals surface area (Å²) in [4.78, 5) is 32.1. The van der Waals surface area contributed by atoms with Crippen molar-refractivity contribution in [3.8, 4) is 0 Å². The van der Waals surface area contributed by atoms with E-state index in [-0.39, 0.29) is 11.8 Å². The maximum Gasteiger partial charge on any atom is 0.266 e. The van der Waals surface area contributed by atoms with Crippen LogP contribution in [0.25, 0.3) is 0 Å². The lowest BCUT2D eigenvalue weighted by Gasteiger charge is -2.35. The molecule has 2 N–H and O–H groups in total. The monoisotopic (exact) mass is 322 g/mol. The predicted molar refractivity (Wildman–Crippen MR) is 85.1 cm³/mol. The van der Waals surface area contributed by atoms with Crippen LogP contribution in [0.3, 0.4) is 0 Å². The van der Waals surface area contributed by atoms with Crippen LogP contribution in [-0.4, -0.2) is 53.4 Å². The number of piperazine rings is 1. The van der Waals surface area contributed by atoms with E-state index >= 15 is 0 Å². The highest BCUT2D eigenvalue weighted by atomic mass is 32.1. The molecule has 120 valence electrons. The molecule has 2 fully saturated rings. The molecule has 6 nitrogen and oxygen atoms in total. The van der Waals surface area contributed by atoms with Crippen molar-refractivity contribution in [2.24, 2.45) is 0 Å². The Hall–Kier alpha value is -1.47. The molecule has 0 unspecified atom stereocenters. The lowest BCUT2D eigenvalue weighted by Crippen LogP contribution is -2.59. The first kappa shape index (κ1) is 15.4. The van der Waals surface area contributed by atoms with Crippen molar-refractivity contribution in [1.82, 2.24) is 20.5 Å². The summed E-state index contributed by atoms with van der Waals surface area (Å²) in [5, 5.41) is 7.12. The molecule has 7 heteroatoms. The lowest BCUT2D eigenvalue weighted by atomic mass is 10.1. The van der Waals surface area contributed by atoms with Crippen molar-refractivity contribution in [3.05, 3.63) is 15.6 Å². The van der Waals surface area contributed by atoms with Crippen molar-refractivity contribution < 1.29 is 9.59 Å². The highest BCUT2D eigenvalue weighted by molar-refractivity contribution is 7.13. The highest BCUT2D eigenvalue weighted by Crippen LogP contribution is 2.23.